The number of aliphatic hydroxyl groups is 14. The number of rotatable bonds is 25. The molecule has 5 aliphatic heterocycles. The summed E-state index contributed by atoms with van der Waals surface area (Å²) in [6, 6.07) is 3.09. The summed E-state index contributed by atoms with van der Waals surface area (Å²) in [7, 11) is 4.20. The SMILES string of the molecule is COc1cc(C=CC(=O)OC2C(C)OC(OC(=O)C34CCC(C)(C)CC3C3=CCC5C6(C)CC(O)C(OC7OC(CO)C(O)C(O)C7O)C(C)(C(=O)O)C6CCC5(C)C3(CO)CC4)C(OC3OC(C)C(OC4OCC(O)C(O)C4O)C(OC4OCC(O)(COC(=O)CC(C)(O)CC(=O)O)C4O)C3O)C2O)cc(OC)c1OC. The minimum absolute atomic E-state index is 0.0305. The smallest absolute Gasteiger partial charge is 0.331 e. The summed E-state index contributed by atoms with van der Waals surface area (Å²) in [5.74, 6) is -6.89. The number of hydrogen-bond donors (Lipinski definition) is 16. The van der Waals surface area contributed by atoms with Crippen LogP contribution in [0.15, 0.2) is 29.9 Å². The molecule has 1 aromatic carbocycles. The number of esters is 3. The standard InChI is InChI=1S/C76H112O36/c1-33-55(107-46(83)15-12-35-22-40(98-9)57(100-11)41(23-35)99-10)53(90)59(110-64-54(91)58(56(34(2)104-64)108-62-51(88)48(85)39(80)29-101-62)109-66-60(92)76(97,32-103-66)31-102-47(84)27-70(5,96)26-45(81)82)65(105-33)112-68(95)74-19-18-69(3,4)24-37(74)36-13-14-43-71(6)25-38(79)61(111-63-52(89)50(87)49(86)42(28-77)106-63)73(8,67(93)94)44(71)16-17-72(43,7)75(36,30-78)21-20-74/h12-13,15,22-23,33-34,37-39,42-44,48-56,58-66,77-80,85-92,96-97H,14,16-21,24-32H2,1-11H3,(H,81,82)(H,93,94). The summed E-state index contributed by atoms with van der Waals surface area (Å²) in [6.45, 7) is 9.84. The molecule has 10 aliphatic rings. The van der Waals surface area contributed by atoms with Crippen LogP contribution in [0.5, 0.6) is 17.2 Å². The van der Waals surface area contributed by atoms with E-state index in [9.17, 15) is 101 Å². The molecule has 632 valence electrons. The van der Waals surface area contributed by atoms with Gasteiger partial charge >= 0.3 is 29.8 Å². The molecule has 5 saturated heterocycles. The van der Waals surface area contributed by atoms with Gasteiger partial charge in [-0.25, -0.2) is 4.79 Å². The number of benzene rings is 1. The molecule has 0 radical (unpaired) electrons. The van der Waals surface area contributed by atoms with Gasteiger partial charge in [0.1, 0.15) is 86.0 Å². The molecule has 16 N–H and O–H groups in total. The van der Waals surface area contributed by atoms with Gasteiger partial charge in [0.25, 0.3) is 0 Å². The molecule has 33 atom stereocenters. The van der Waals surface area contributed by atoms with Crippen molar-refractivity contribution < 1.29 is 177 Å². The van der Waals surface area contributed by atoms with Crippen molar-refractivity contribution in [3.05, 3.63) is 35.4 Å². The third-order valence-electron chi connectivity index (χ3n) is 26.4. The highest BCUT2D eigenvalue weighted by atomic mass is 16.8. The van der Waals surface area contributed by atoms with Crippen LogP contribution in [0.25, 0.3) is 6.08 Å². The number of carboxylic acid groups (broad SMARTS) is 2. The number of methoxy groups -OCH3 is 3. The number of aliphatic hydroxyl groups excluding tert-OH is 12. The zero-order valence-corrected chi connectivity index (χ0v) is 64.5. The summed E-state index contributed by atoms with van der Waals surface area (Å²) in [4.78, 5) is 68.5. The largest absolute Gasteiger partial charge is 0.493 e. The van der Waals surface area contributed by atoms with Gasteiger partial charge in [-0.1, -0.05) is 39.3 Å². The number of aliphatic carboxylic acids is 2. The Morgan fingerprint density at radius 2 is 1.26 bits per heavy atom. The topological polar surface area (TPSA) is 547 Å². The van der Waals surface area contributed by atoms with Crippen molar-refractivity contribution in [2.75, 3.05) is 54.4 Å². The third-order valence-corrected chi connectivity index (χ3v) is 26.4. The van der Waals surface area contributed by atoms with E-state index in [1.54, 1.807) is 12.1 Å². The van der Waals surface area contributed by atoms with Crippen LogP contribution in [0, 0.1) is 50.2 Å². The fraction of sp³-hybridized carbons (Fsp3) is 0.803. The minimum atomic E-state index is -2.49. The molecule has 36 nitrogen and oxygen atoms in total. The maximum absolute atomic E-state index is 16.2. The monoisotopic (exact) mass is 1600 g/mol. The summed E-state index contributed by atoms with van der Waals surface area (Å²) >= 11 is 0. The molecule has 33 unspecified atom stereocenters. The maximum Gasteiger partial charge on any atom is 0.331 e. The summed E-state index contributed by atoms with van der Waals surface area (Å²) in [5.41, 5.74) is -10.1. The predicted octanol–water partition coefficient (Wildman–Crippen LogP) is -1.41. The van der Waals surface area contributed by atoms with Crippen LogP contribution in [0.3, 0.4) is 0 Å². The number of fused-ring (bicyclic) bond motifs is 7. The molecule has 112 heavy (non-hydrogen) atoms. The molecule has 1 aromatic rings. The van der Waals surface area contributed by atoms with E-state index in [4.69, 9.17) is 71.1 Å². The molecular formula is C76H112O36. The van der Waals surface area contributed by atoms with Gasteiger partial charge in [-0.15, -0.1) is 0 Å². The van der Waals surface area contributed by atoms with Crippen LogP contribution >= 0.6 is 0 Å². The van der Waals surface area contributed by atoms with Crippen LogP contribution in [0.4, 0.5) is 0 Å². The summed E-state index contributed by atoms with van der Waals surface area (Å²) in [6.07, 6.45) is -36.6. The molecule has 5 aliphatic carbocycles. The lowest BCUT2D eigenvalue weighted by Gasteiger charge is -2.71. The van der Waals surface area contributed by atoms with E-state index in [2.05, 4.69) is 20.8 Å². The summed E-state index contributed by atoms with van der Waals surface area (Å²) < 4.78 is 89.3. The maximum atomic E-state index is 16.2. The molecule has 4 saturated carbocycles. The highest BCUT2D eigenvalue weighted by Gasteiger charge is 2.74. The molecule has 0 amide bonds. The number of carboxylic acids is 2. The van der Waals surface area contributed by atoms with E-state index >= 15 is 4.79 Å². The zero-order valence-electron chi connectivity index (χ0n) is 64.5. The van der Waals surface area contributed by atoms with Crippen LogP contribution in [0.1, 0.15) is 132 Å². The van der Waals surface area contributed by atoms with Crippen LogP contribution < -0.4 is 14.2 Å². The quantitative estimate of drug-likeness (QED) is 0.0176. The predicted molar refractivity (Wildman–Crippen MR) is 376 cm³/mol. The van der Waals surface area contributed by atoms with Crippen molar-refractivity contribution in [2.45, 2.75) is 279 Å². The average Bonchev–Trinajstić information content (AvgIpc) is 0.724. The summed E-state index contributed by atoms with van der Waals surface area (Å²) in [5, 5.41) is 179. The molecular weight excluding hydrogens is 1490 g/mol. The van der Waals surface area contributed by atoms with Gasteiger partial charge in [-0.05, 0) is 143 Å². The second-order valence-corrected chi connectivity index (χ2v) is 34.1. The lowest BCUT2D eigenvalue weighted by atomic mass is 9.33. The Kier molecular flexibility index (Phi) is 25.9. The fourth-order valence-corrected chi connectivity index (χ4v) is 20.2. The lowest BCUT2D eigenvalue weighted by Crippen LogP contribution is -2.71. The van der Waals surface area contributed by atoms with Gasteiger partial charge in [0.05, 0.1) is 95.3 Å². The molecule has 0 spiro atoms. The van der Waals surface area contributed by atoms with Gasteiger partial charge in [0.15, 0.2) is 54.5 Å². The molecule has 0 aromatic heterocycles. The Morgan fingerprint density at radius 3 is 1.89 bits per heavy atom. The Hall–Kier alpha value is -5.47. The molecule has 9 fully saturated rings. The van der Waals surface area contributed by atoms with Crippen molar-refractivity contribution >= 4 is 35.9 Å². The van der Waals surface area contributed by atoms with E-state index < -0.39 is 278 Å². The second-order valence-electron chi connectivity index (χ2n) is 34.1. The molecule has 36 heteroatoms. The number of carbonyl (C=O) groups is 5. The second kappa shape index (κ2) is 33.1. The first kappa shape index (κ1) is 87.4. The Bertz CT molecular complexity index is 3580. The number of allylic oxidation sites excluding steroid dienone is 1. The van der Waals surface area contributed by atoms with Crippen molar-refractivity contribution in [3.63, 3.8) is 0 Å². The van der Waals surface area contributed by atoms with Crippen LogP contribution in [0.2, 0.25) is 0 Å². The molecule has 5 heterocycles. The van der Waals surface area contributed by atoms with E-state index in [0.717, 1.165) is 18.6 Å². The highest BCUT2D eigenvalue weighted by Crippen LogP contribution is 2.76. The minimum Gasteiger partial charge on any atom is -0.493 e. The van der Waals surface area contributed by atoms with Crippen molar-refractivity contribution in [1.82, 2.24) is 0 Å². The van der Waals surface area contributed by atoms with E-state index in [0.29, 0.717) is 24.8 Å². The van der Waals surface area contributed by atoms with Crippen molar-refractivity contribution in [2.24, 2.45) is 50.2 Å². The van der Waals surface area contributed by atoms with Gasteiger partial charge in [-0.3, -0.25) is 19.2 Å². The van der Waals surface area contributed by atoms with Crippen molar-refractivity contribution in [1.29, 1.82) is 0 Å². The third kappa shape index (κ3) is 15.9. The zero-order chi connectivity index (χ0) is 82.2. The van der Waals surface area contributed by atoms with E-state index in [1.807, 2.05) is 13.0 Å². The normalized spacial score (nSPS) is 45.0. The number of ether oxygens (including phenoxy) is 15. The number of carbonyl (C=O) groups excluding carboxylic acids is 3. The Labute approximate surface area is 646 Å². The van der Waals surface area contributed by atoms with E-state index in [1.165, 1.54) is 48.2 Å². The molecule has 0 bridgehead atoms. The van der Waals surface area contributed by atoms with Gasteiger partial charge in [0, 0.05) is 11.5 Å². The highest BCUT2D eigenvalue weighted by molar-refractivity contribution is 5.87. The van der Waals surface area contributed by atoms with Gasteiger partial charge < -0.3 is 153 Å². The number of hydrogen-bond acceptors (Lipinski definition) is 34. The van der Waals surface area contributed by atoms with Gasteiger partial charge in [0.2, 0.25) is 12.0 Å². The Balaban J connectivity index is 0.910. The first-order valence-corrected chi connectivity index (χ1v) is 38.0. The van der Waals surface area contributed by atoms with Crippen LogP contribution in [-0.2, 0) is 80.8 Å². The fourth-order valence-electron chi connectivity index (χ4n) is 20.2. The average molecular weight is 1600 g/mol. The van der Waals surface area contributed by atoms with E-state index in [-0.39, 0.29) is 55.8 Å². The van der Waals surface area contributed by atoms with Gasteiger partial charge in [-0.2, -0.15) is 0 Å². The Morgan fingerprint density at radius 1 is 0.634 bits per heavy atom. The molecule has 11 rings (SSSR count). The lowest BCUT2D eigenvalue weighted by molar-refractivity contribution is -0.384. The first-order valence-electron chi connectivity index (χ1n) is 38.0. The van der Waals surface area contributed by atoms with Crippen molar-refractivity contribution in [3.8, 4) is 17.2 Å². The first-order chi connectivity index (χ1) is 52.5. The van der Waals surface area contributed by atoms with Crippen LogP contribution in [-0.4, -0.2) is 318 Å².